The molecule has 1 aromatic heterocycles. The van der Waals surface area contributed by atoms with Gasteiger partial charge in [-0.25, -0.2) is 13.1 Å². The normalized spacial score (nSPS) is 13.5. The predicted octanol–water partition coefficient (Wildman–Crippen LogP) is 1.30. The number of nitrogens with zero attached hydrogens (tertiary/aromatic N) is 2. The van der Waals surface area contributed by atoms with Crippen molar-refractivity contribution in [3.8, 4) is 5.69 Å². The Morgan fingerprint density at radius 3 is 2.56 bits per heavy atom. The average Bonchev–Trinajstić information content (AvgIpc) is 2.77. The van der Waals surface area contributed by atoms with Gasteiger partial charge < -0.3 is 5.73 Å². The average molecular weight is 265 g/mol. The Kier molecular flexibility index (Phi) is 3.23. The molecule has 2 N–H and O–H groups in total. The first-order valence-electron chi connectivity index (χ1n) is 5.49. The molecule has 1 unspecified atom stereocenters. The zero-order valence-corrected chi connectivity index (χ0v) is 11.1. The summed E-state index contributed by atoms with van der Waals surface area (Å²) in [6.07, 6.45) is 4.00. The van der Waals surface area contributed by atoms with Crippen molar-refractivity contribution < 1.29 is 8.42 Å². The Labute approximate surface area is 106 Å². The summed E-state index contributed by atoms with van der Waals surface area (Å²) in [4.78, 5) is 0.196. The highest BCUT2D eigenvalue weighted by Crippen LogP contribution is 2.20. The molecule has 0 aliphatic heterocycles. The van der Waals surface area contributed by atoms with Crippen LogP contribution >= 0.6 is 0 Å². The van der Waals surface area contributed by atoms with E-state index in [9.17, 15) is 8.42 Å². The number of hydrogen-bond donors (Lipinski definition) is 1. The molecule has 1 atom stereocenters. The number of nitrogens with two attached hydrogens (primary N) is 1. The van der Waals surface area contributed by atoms with Crippen molar-refractivity contribution in [2.75, 3.05) is 6.26 Å². The van der Waals surface area contributed by atoms with Crippen LogP contribution in [0.4, 0.5) is 0 Å². The van der Waals surface area contributed by atoms with Gasteiger partial charge in [-0.3, -0.25) is 0 Å². The minimum atomic E-state index is -3.24. The molecule has 1 aromatic carbocycles. The maximum atomic E-state index is 11.4. The van der Waals surface area contributed by atoms with Gasteiger partial charge in [0.25, 0.3) is 0 Å². The topological polar surface area (TPSA) is 78.0 Å². The highest BCUT2D eigenvalue weighted by Gasteiger charge is 2.13. The van der Waals surface area contributed by atoms with E-state index in [2.05, 4.69) is 5.10 Å². The van der Waals surface area contributed by atoms with Crippen molar-refractivity contribution in [2.24, 2.45) is 5.73 Å². The Morgan fingerprint density at radius 1 is 1.33 bits per heavy atom. The van der Waals surface area contributed by atoms with Gasteiger partial charge in [0.1, 0.15) is 4.90 Å². The molecule has 5 nitrogen and oxygen atoms in total. The van der Waals surface area contributed by atoms with E-state index in [0.29, 0.717) is 0 Å². The molecule has 0 radical (unpaired) electrons. The fraction of sp³-hybridized carbons (Fsp3) is 0.250. The fourth-order valence-corrected chi connectivity index (χ4v) is 2.24. The van der Waals surface area contributed by atoms with Crippen LogP contribution in [0.2, 0.25) is 0 Å². The molecule has 0 fully saturated rings. The maximum absolute atomic E-state index is 11.4. The van der Waals surface area contributed by atoms with Crippen LogP contribution in [0.15, 0.2) is 41.6 Å². The number of benzene rings is 1. The van der Waals surface area contributed by atoms with Crippen LogP contribution in [0, 0.1) is 0 Å². The number of hydrogen-bond acceptors (Lipinski definition) is 4. The number of para-hydroxylation sites is 1. The molecule has 0 saturated heterocycles. The minimum Gasteiger partial charge on any atom is -0.324 e. The van der Waals surface area contributed by atoms with Crippen molar-refractivity contribution in [3.63, 3.8) is 0 Å². The first-order chi connectivity index (χ1) is 8.39. The second kappa shape index (κ2) is 4.55. The van der Waals surface area contributed by atoms with Crippen molar-refractivity contribution in [1.82, 2.24) is 9.78 Å². The summed E-state index contributed by atoms with van der Waals surface area (Å²) in [5.41, 5.74) is 7.60. The predicted molar refractivity (Wildman–Crippen MR) is 69.3 cm³/mol. The number of aromatic nitrogens is 2. The third-order valence-corrected chi connectivity index (χ3v) is 3.73. The SMILES string of the molecule is CC(N)c1ccccc1-n1cc(S(C)(=O)=O)cn1. The summed E-state index contributed by atoms with van der Waals surface area (Å²) >= 11 is 0. The van der Waals surface area contributed by atoms with Crippen LogP contribution in [0.3, 0.4) is 0 Å². The maximum Gasteiger partial charge on any atom is 0.178 e. The molecular weight excluding hydrogens is 250 g/mol. The minimum absolute atomic E-state index is 0.146. The lowest BCUT2D eigenvalue weighted by Gasteiger charge is -2.11. The van der Waals surface area contributed by atoms with Crippen LogP contribution in [-0.2, 0) is 9.84 Å². The lowest BCUT2D eigenvalue weighted by molar-refractivity contribution is 0.602. The fourth-order valence-electron chi connectivity index (χ4n) is 1.71. The molecule has 0 amide bonds. The quantitative estimate of drug-likeness (QED) is 0.907. The van der Waals surface area contributed by atoms with Gasteiger partial charge >= 0.3 is 0 Å². The summed E-state index contributed by atoms with van der Waals surface area (Å²) in [5.74, 6) is 0. The van der Waals surface area contributed by atoms with E-state index in [0.717, 1.165) is 17.5 Å². The van der Waals surface area contributed by atoms with Gasteiger partial charge in [-0.2, -0.15) is 5.10 Å². The number of sulfone groups is 1. The van der Waals surface area contributed by atoms with E-state index in [1.165, 1.54) is 17.1 Å². The zero-order chi connectivity index (χ0) is 13.3. The Balaban J connectivity index is 2.53. The zero-order valence-electron chi connectivity index (χ0n) is 10.2. The summed E-state index contributed by atoms with van der Waals surface area (Å²) in [7, 11) is -3.24. The molecule has 0 spiro atoms. The van der Waals surface area contributed by atoms with E-state index >= 15 is 0 Å². The molecule has 6 heteroatoms. The van der Waals surface area contributed by atoms with Crippen molar-refractivity contribution >= 4 is 9.84 Å². The third kappa shape index (κ3) is 2.44. The summed E-state index contributed by atoms with van der Waals surface area (Å²) in [5, 5.41) is 4.08. The van der Waals surface area contributed by atoms with Crippen molar-refractivity contribution in [2.45, 2.75) is 17.9 Å². The van der Waals surface area contributed by atoms with Crippen LogP contribution in [0.5, 0.6) is 0 Å². The Morgan fingerprint density at radius 2 is 2.00 bits per heavy atom. The highest BCUT2D eigenvalue weighted by molar-refractivity contribution is 7.90. The van der Waals surface area contributed by atoms with Gasteiger partial charge in [0.05, 0.1) is 11.9 Å². The van der Waals surface area contributed by atoms with Gasteiger partial charge in [-0.05, 0) is 18.6 Å². The molecule has 2 aromatic rings. The first-order valence-corrected chi connectivity index (χ1v) is 7.38. The van der Waals surface area contributed by atoms with E-state index in [-0.39, 0.29) is 10.9 Å². The smallest absolute Gasteiger partial charge is 0.178 e. The second-order valence-electron chi connectivity index (χ2n) is 4.24. The van der Waals surface area contributed by atoms with Gasteiger partial charge in [0.2, 0.25) is 0 Å². The lowest BCUT2D eigenvalue weighted by atomic mass is 10.1. The monoisotopic (exact) mass is 265 g/mol. The van der Waals surface area contributed by atoms with E-state index in [4.69, 9.17) is 5.73 Å². The van der Waals surface area contributed by atoms with Crippen molar-refractivity contribution in [3.05, 3.63) is 42.2 Å². The van der Waals surface area contributed by atoms with Crippen LogP contribution in [0.25, 0.3) is 5.69 Å². The Hall–Kier alpha value is -1.66. The standard InChI is InChI=1S/C12H15N3O2S/c1-9(13)11-5-3-4-6-12(11)15-8-10(7-14-15)18(2,16)17/h3-9H,13H2,1-2H3. The van der Waals surface area contributed by atoms with Gasteiger partial charge in [-0.15, -0.1) is 0 Å². The summed E-state index contributed by atoms with van der Waals surface area (Å²) in [6.45, 7) is 1.87. The van der Waals surface area contributed by atoms with Crippen LogP contribution < -0.4 is 5.73 Å². The summed E-state index contributed by atoms with van der Waals surface area (Å²) < 4.78 is 24.4. The molecular formula is C12H15N3O2S. The second-order valence-corrected chi connectivity index (χ2v) is 6.26. The molecule has 0 bridgehead atoms. The number of rotatable bonds is 3. The first kappa shape index (κ1) is 12.8. The van der Waals surface area contributed by atoms with Gasteiger partial charge in [0, 0.05) is 18.5 Å². The van der Waals surface area contributed by atoms with E-state index in [1.807, 2.05) is 31.2 Å². The molecule has 0 saturated carbocycles. The third-order valence-electron chi connectivity index (χ3n) is 2.66. The van der Waals surface area contributed by atoms with Gasteiger partial charge in [0.15, 0.2) is 9.84 Å². The van der Waals surface area contributed by atoms with Gasteiger partial charge in [-0.1, -0.05) is 18.2 Å². The molecule has 0 aliphatic carbocycles. The molecule has 96 valence electrons. The molecule has 0 aliphatic rings. The van der Waals surface area contributed by atoms with E-state index < -0.39 is 9.84 Å². The largest absolute Gasteiger partial charge is 0.324 e. The van der Waals surface area contributed by atoms with Crippen LogP contribution in [-0.4, -0.2) is 24.5 Å². The lowest BCUT2D eigenvalue weighted by Crippen LogP contribution is -2.10. The van der Waals surface area contributed by atoms with Crippen molar-refractivity contribution in [1.29, 1.82) is 0 Å². The van der Waals surface area contributed by atoms with E-state index in [1.54, 1.807) is 0 Å². The molecule has 1 heterocycles. The Bertz CT molecular complexity index is 659. The highest BCUT2D eigenvalue weighted by atomic mass is 32.2. The van der Waals surface area contributed by atoms with Crippen LogP contribution in [0.1, 0.15) is 18.5 Å². The molecule has 18 heavy (non-hydrogen) atoms. The molecule has 2 rings (SSSR count). The summed E-state index contributed by atoms with van der Waals surface area (Å²) in [6, 6.07) is 7.37.